The van der Waals surface area contributed by atoms with Gasteiger partial charge in [-0.1, -0.05) is 16.8 Å². The first-order valence-corrected chi connectivity index (χ1v) is 7.75. The number of hydrogen-bond donors (Lipinski definition) is 2. The molecule has 2 N–H and O–H groups in total. The third-order valence-electron chi connectivity index (χ3n) is 3.11. The van der Waals surface area contributed by atoms with Crippen LogP contribution in [0.3, 0.4) is 0 Å². The van der Waals surface area contributed by atoms with Crippen molar-refractivity contribution in [1.82, 2.24) is 16.0 Å². The largest absolute Gasteiger partial charge is 0.493 e. The second-order valence-electron chi connectivity index (χ2n) is 5.20. The lowest BCUT2D eigenvalue weighted by Crippen LogP contribution is -2.41. The minimum atomic E-state index is -0.558. The van der Waals surface area contributed by atoms with Gasteiger partial charge in [0.1, 0.15) is 5.75 Å². The molecule has 1 aromatic heterocycles. The number of hydrazine groups is 1. The fraction of sp³-hybridized carbons (Fsp3) is 0.312. The highest BCUT2D eigenvalue weighted by Crippen LogP contribution is 2.21. The normalized spacial score (nSPS) is 10.3. The average Bonchev–Trinajstić information content (AvgIpc) is 2.97. The zero-order valence-electron chi connectivity index (χ0n) is 13.4. The molecule has 0 atom stereocenters. The molecule has 1 heterocycles. The summed E-state index contributed by atoms with van der Waals surface area (Å²) in [5, 5.41) is 4.24. The summed E-state index contributed by atoms with van der Waals surface area (Å²) < 4.78 is 10.4. The number of aromatic nitrogens is 1. The van der Waals surface area contributed by atoms with Gasteiger partial charge in [-0.15, -0.1) is 0 Å². The van der Waals surface area contributed by atoms with Crippen molar-refractivity contribution in [2.75, 3.05) is 6.61 Å². The number of ether oxygens (including phenoxy) is 1. The smallest absolute Gasteiger partial charge is 0.308 e. The summed E-state index contributed by atoms with van der Waals surface area (Å²) >= 11 is 5.87. The number of aryl methyl sites for hydroxylation is 2. The Morgan fingerprint density at radius 3 is 2.71 bits per heavy atom. The summed E-state index contributed by atoms with van der Waals surface area (Å²) in [5.41, 5.74) is 6.08. The van der Waals surface area contributed by atoms with E-state index in [1.54, 1.807) is 19.1 Å². The van der Waals surface area contributed by atoms with E-state index in [1.165, 1.54) is 6.07 Å². The Morgan fingerprint density at radius 2 is 2.04 bits per heavy atom. The first-order chi connectivity index (χ1) is 11.5. The van der Waals surface area contributed by atoms with E-state index in [-0.39, 0.29) is 18.1 Å². The second-order valence-corrected chi connectivity index (χ2v) is 5.63. The number of carbonyl (C=O) groups is 2. The van der Waals surface area contributed by atoms with Gasteiger partial charge in [0.05, 0.1) is 12.3 Å². The first-order valence-electron chi connectivity index (χ1n) is 7.37. The van der Waals surface area contributed by atoms with Gasteiger partial charge in [-0.05, 0) is 44.0 Å². The Hall–Kier alpha value is -2.54. The summed E-state index contributed by atoms with van der Waals surface area (Å²) in [5.74, 6) is -0.115. The van der Waals surface area contributed by atoms with Crippen molar-refractivity contribution >= 4 is 23.4 Å². The van der Waals surface area contributed by atoms with E-state index in [1.807, 2.05) is 13.0 Å². The van der Waals surface area contributed by atoms with Gasteiger partial charge < -0.3 is 9.26 Å². The summed E-state index contributed by atoms with van der Waals surface area (Å²) in [6.07, 6.45) is 0.716. The van der Waals surface area contributed by atoms with Crippen molar-refractivity contribution < 1.29 is 18.8 Å². The van der Waals surface area contributed by atoms with Gasteiger partial charge in [0.2, 0.25) is 11.7 Å². The number of halogens is 1. The van der Waals surface area contributed by atoms with Crippen LogP contribution in [0.4, 0.5) is 0 Å². The Kier molecular flexibility index (Phi) is 6.20. The second kappa shape index (κ2) is 8.35. The van der Waals surface area contributed by atoms with Crippen LogP contribution in [0.25, 0.3) is 0 Å². The highest BCUT2D eigenvalue weighted by atomic mass is 35.5. The Balaban J connectivity index is 1.65. The molecule has 0 aliphatic rings. The van der Waals surface area contributed by atoms with Gasteiger partial charge in [0.15, 0.2) is 0 Å². The van der Waals surface area contributed by atoms with Crippen LogP contribution in [-0.4, -0.2) is 23.6 Å². The predicted molar refractivity (Wildman–Crippen MR) is 87.8 cm³/mol. The van der Waals surface area contributed by atoms with Gasteiger partial charge in [0.25, 0.3) is 0 Å². The lowest BCUT2D eigenvalue weighted by atomic mass is 10.2. The van der Waals surface area contributed by atoms with Crippen LogP contribution in [0.5, 0.6) is 5.75 Å². The minimum Gasteiger partial charge on any atom is -0.493 e. The van der Waals surface area contributed by atoms with Crippen molar-refractivity contribution in [3.05, 3.63) is 46.3 Å². The van der Waals surface area contributed by atoms with Crippen LogP contribution in [0.15, 0.2) is 28.8 Å². The molecule has 0 saturated heterocycles. The molecule has 0 radical (unpaired) electrons. The summed E-state index contributed by atoms with van der Waals surface area (Å²) in [4.78, 5) is 23.3. The molecule has 24 heavy (non-hydrogen) atoms. The highest BCUT2D eigenvalue weighted by molar-refractivity contribution is 6.30. The van der Waals surface area contributed by atoms with E-state index in [2.05, 4.69) is 16.0 Å². The maximum Gasteiger partial charge on any atom is 0.308 e. The van der Waals surface area contributed by atoms with Gasteiger partial charge in [0, 0.05) is 17.5 Å². The number of nitrogens with zero attached hydrogens (tertiary/aromatic N) is 1. The molecular formula is C16H18ClN3O4. The minimum absolute atomic E-state index is 0.0364. The molecule has 128 valence electrons. The molecule has 0 aliphatic heterocycles. The Bertz CT molecular complexity index is 730. The number of benzene rings is 1. The first kappa shape index (κ1) is 17.8. The standard InChI is InChI=1S/C16H18ClN3O4/c1-10-8-12(17)5-6-13(10)23-7-3-4-15(21)18-19-16(22)14-9-11(2)20-24-14/h5-6,8-9H,3-4,7H2,1-2H3,(H,18,21)(H,19,22). The van der Waals surface area contributed by atoms with Gasteiger partial charge in [-0.3, -0.25) is 20.4 Å². The van der Waals surface area contributed by atoms with Gasteiger partial charge in [-0.2, -0.15) is 0 Å². The van der Waals surface area contributed by atoms with Crippen LogP contribution in [-0.2, 0) is 4.79 Å². The van der Waals surface area contributed by atoms with E-state index < -0.39 is 5.91 Å². The van der Waals surface area contributed by atoms with Crippen molar-refractivity contribution in [2.24, 2.45) is 0 Å². The topological polar surface area (TPSA) is 93.5 Å². The fourth-order valence-electron chi connectivity index (χ4n) is 1.91. The molecular weight excluding hydrogens is 334 g/mol. The Labute approximate surface area is 144 Å². The molecule has 1 aromatic carbocycles. The maximum atomic E-state index is 11.7. The van der Waals surface area contributed by atoms with Crippen LogP contribution in [0.1, 0.15) is 34.7 Å². The molecule has 8 heteroatoms. The van der Waals surface area contributed by atoms with E-state index >= 15 is 0 Å². The number of hydrogen-bond acceptors (Lipinski definition) is 5. The van der Waals surface area contributed by atoms with E-state index in [0.29, 0.717) is 23.7 Å². The summed E-state index contributed by atoms with van der Waals surface area (Å²) in [7, 11) is 0. The van der Waals surface area contributed by atoms with Crippen LogP contribution < -0.4 is 15.6 Å². The van der Waals surface area contributed by atoms with Crippen molar-refractivity contribution in [3.63, 3.8) is 0 Å². The maximum absolute atomic E-state index is 11.7. The summed E-state index contributed by atoms with van der Waals surface area (Å²) in [6, 6.07) is 6.82. The van der Waals surface area contributed by atoms with Gasteiger partial charge in [-0.25, -0.2) is 0 Å². The molecule has 0 aliphatic carbocycles. The van der Waals surface area contributed by atoms with E-state index in [9.17, 15) is 9.59 Å². The van der Waals surface area contributed by atoms with Crippen LogP contribution >= 0.6 is 11.6 Å². The van der Waals surface area contributed by atoms with E-state index in [4.69, 9.17) is 20.9 Å². The molecule has 2 rings (SSSR count). The highest BCUT2D eigenvalue weighted by Gasteiger charge is 2.12. The number of carbonyl (C=O) groups excluding carboxylic acids is 2. The molecule has 2 amide bonds. The molecule has 0 bridgehead atoms. The molecule has 0 spiro atoms. The molecule has 0 saturated carbocycles. The quantitative estimate of drug-likeness (QED) is 0.616. The van der Waals surface area contributed by atoms with Crippen LogP contribution in [0, 0.1) is 13.8 Å². The molecule has 7 nitrogen and oxygen atoms in total. The van der Waals surface area contributed by atoms with Gasteiger partial charge >= 0.3 is 5.91 Å². The number of rotatable bonds is 6. The number of nitrogens with one attached hydrogen (secondary N) is 2. The predicted octanol–water partition coefficient (Wildman–Crippen LogP) is 2.57. The average molecular weight is 352 g/mol. The molecule has 0 unspecified atom stereocenters. The van der Waals surface area contributed by atoms with Crippen LogP contribution in [0.2, 0.25) is 5.02 Å². The fourth-order valence-corrected chi connectivity index (χ4v) is 2.14. The van der Waals surface area contributed by atoms with Crippen molar-refractivity contribution in [1.29, 1.82) is 0 Å². The third kappa shape index (κ3) is 5.27. The SMILES string of the molecule is Cc1cc(C(=O)NNC(=O)CCCOc2ccc(Cl)cc2C)on1. The van der Waals surface area contributed by atoms with E-state index in [0.717, 1.165) is 11.3 Å². The zero-order chi connectivity index (χ0) is 17.5. The van der Waals surface area contributed by atoms with Crippen molar-refractivity contribution in [3.8, 4) is 5.75 Å². The lowest BCUT2D eigenvalue weighted by Gasteiger charge is -2.09. The summed E-state index contributed by atoms with van der Waals surface area (Å²) in [6.45, 7) is 3.97. The zero-order valence-corrected chi connectivity index (χ0v) is 14.1. The lowest BCUT2D eigenvalue weighted by molar-refractivity contribution is -0.122. The Morgan fingerprint density at radius 1 is 1.25 bits per heavy atom. The third-order valence-corrected chi connectivity index (χ3v) is 3.35. The number of amides is 2. The molecule has 0 fully saturated rings. The molecule has 2 aromatic rings. The van der Waals surface area contributed by atoms with Crippen molar-refractivity contribution in [2.45, 2.75) is 26.7 Å². The monoisotopic (exact) mass is 351 g/mol.